The Labute approximate surface area is 85.9 Å². The smallest absolute Gasteiger partial charge is 0.315 e. The second-order valence-electron chi connectivity index (χ2n) is 2.54. The lowest BCUT2D eigenvalue weighted by Gasteiger charge is -2.02. The first kappa shape index (κ1) is 10.7. The van der Waals surface area contributed by atoms with Crippen molar-refractivity contribution in [3.8, 4) is 5.75 Å². The lowest BCUT2D eigenvalue weighted by molar-refractivity contribution is -0.133. The standard InChI is InChI=1S/C10H8ClFO2/c1-2-3-10(13)14-7-4-5-9(12)8(11)6-7/h2,4-6H,1,3H2. The highest BCUT2D eigenvalue weighted by Gasteiger charge is 2.05. The summed E-state index contributed by atoms with van der Waals surface area (Å²) in [5, 5.41) is -0.0751. The van der Waals surface area contributed by atoms with Crippen LogP contribution < -0.4 is 4.74 Å². The molecule has 0 aliphatic heterocycles. The van der Waals surface area contributed by atoms with Gasteiger partial charge >= 0.3 is 5.97 Å². The average Bonchev–Trinajstić information content (AvgIpc) is 2.12. The maximum Gasteiger partial charge on any atom is 0.315 e. The summed E-state index contributed by atoms with van der Waals surface area (Å²) in [7, 11) is 0. The molecule has 0 spiro atoms. The van der Waals surface area contributed by atoms with E-state index >= 15 is 0 Å². The first-order valence-electron chi connectivity index (χ1n) is 3.90. The summed E-state index contributed by atoms with van der Waals surface area (Å²) in [5.74, 6) is -0.777. The number of hydrogen-bond donors (Lipinski definition) is 0. The highest BCUT2D eigenvalue weighted by molar-refractivity contribution is 6.30. The Kier molecular flexibility index (Phi) is 3.65. The largest absolute Gasteiger partial charge is 0.426 e. The zero-order valence-electron chi connectivity index (χ0n) is 7.30. The minimum absolute atomic E-state index is 0.0751. The third kappa shape index (κ3) is 2.85. The van der Waals surface area contributed by atoms with Crippen LogP contribution in [-0.4, -0.2) is 5.97 Å². The van der Waals surface area contributed by atoms with Crippen LogP contribution in [0.5, 0.6) is 5.75 Å². The zero-order chi connectivity index (χ0) is 10.6. The maximum absolute atomic E-state index is 12.7. The van der Waals surface area contributed by atoms with E-state index in [1.807, 2.05) is 0 Å². The van der Waals surface area contributed by atoms with Crippen molar-refractivity contribution >= 4 is 17.6 Å². The van der Waals surface area contributed by atoms with Crippen molar-refractivity contribution in [3.63, 3.8) is 0 Å². The molecule has 0 aromatic heterocycles. The summed E-state index contributed by atoms with van der Waals surface area (Å²) < 4.78 is 17.5. The van der Waals surface area contributed by atoms with E-state index in [0.717, 1.165) is 6.07 Å². The van der Waals surface area contributed by atoms with Crippen LogP contribution in [0.2, 0.25) is 5.02 Å². The summed E-state index contributed by atoms with van der Waals surface area (Å²) >= 11 is 5.49. The van der Waals surface area contributed by atoms with Crippen molar-refractivity contribution in [3.05, 3.63) is 41.7 Å². The Morgan fingerprint density at radius 2 is 2.36 bits per heavy atom. The second kappa shape index (κ2) is 4.77. The summed E-state index contributed by atoms with van der Waals surface area (Å²) in [6.45, 7) is 3.39. The van der Waals surface area contributed by atoms with Gasteiger partial charge in [-0.3, -0.25) is 4.79 Å². The molecular weight excluding hydrogens is 207 g/mol. The Balaban J connectivity index is 2.72. The quantitative estimate of drug-likeness (QED) is 0.439. The molecule has 4 heteroatoms. The molecule has 0 aliphatic carbocycles. The molecule has 0 saturated heterocycles. The van der Waals surface area contributed by atoms with Gasteiger partial charge in [0.25, 0.3) is 0 Å². The number of ether oxygens (including phenoxy) is 1. The van der Waals surface area contributed by atoms with Crippen LogP contribution in [0.25, 0.3) is 0 Å². The average molecular weight is 215 g/mol. The topological polar surface area (TPSA) is 26.3 Å². The van der Waals surface area contributed by atoms with Gasteiger partial charge < -0.3 is 4.74 Å². The molecule has 0 N–H and O–H groups in total. The van der Waals surface area contributed by atoms with Crippen molar-refractivity contribution in [2.75, 3.05) is 0 Å². The monoisotopic (exact) mass is 214 g/mol. The van der Waals surface area contributed by atoms with Crippen molar-refractivity contribution < 1.29 is 13.9 Å². The van der Waals surface area contributed by atoms with E-state index in [0.29, 0.717) is 0 Å². The van der Waals surface area contributed by atoms with Crippen LogP contribution in [0, 0.1) is 5.82 Å². The van der Waals surface area contributed by atoms with E-state index in [1.54, 1.807) is 0 Å². The molecule has 74 valence electrons. The van der Waals surface area contributed by atoms with E-state index in [4.69, 9.17) is 16.3 Å². The lowest BCUT2D eigenvalue weighted by atomic mass is 10.3. The van der Waals surface area contributed by atoms with Gasteiger partial charge in [-0.25, -0.2) is 4.39 Å². The minimum atomic E-state index is -0.546. The highest BCUT2D eigenvalue weighted by atomic mass is 35.5. The van der Waals surface area contributed by atoms with E-state index in [-0.39, 0.29) is 17.2 Å². The molecular formula is C10H8ClFO2. The SMILES string of the molecule is C=CCC(=O)Oc1ccc(F)c(Cl)c1. The number of rotatable bonds is 3. The Hall–Kier alpha value is -1.35. The molecule has 0 amide bonds. The predicted molar refractivity (Wildman–Crippen MR) is 51.9 cm³/mol. The van der Waals surface area contributed by atoms with E-state index < -0.39 is 11.8 Å². The third-order valence-electron chi connectivity index (χ3n) is 1.43. The molecule has 2 nitrogen and oxygen atoms in total. The molecule has 0 bridgehead atoms. The van der Waals surface area contributed by atoms with Crippen LogP contribution in [0.3, 0.4) is 0 Å². The molecule has 1 aromatic rings. The second-order valence-corrected chi connectivity index (χ2v) is 2.95. The highest BCUT2D eigenvalue weighted by Crippen LogP contribution is 2.21. The van der Waals surface area contributed by atoms with Gasteiger partial charge in [-0.15, -0.1) is 6.58 Å². The minimum Gasteiger partial charge on any atom is -0.426 e. The fourth-order valence-electron chi connectivity index (χ4n) is 0.831. The molecule has 14 heavy (non-hydrogen) atoms. The third-order valence-corrected chi connectivity index (χ3v) is 1.72. The zero-order valence-corrected chi connectivity index (χ0v) is 8.05. The number of carbonyl (C=O) groups excluding carboxylic acids is 1. The number of esters is 1. The van der Waals surface area contributed by atoms with Gasteiger partial charge in [-0.2, -0.15) is 0 Å². The van der Waals surface area contributed by atoms with Gasteiger partial charge in [0, 0.05) is 6.07 Å². The van der Waals surface area contributed by atoms with Crippen molar-refractivity contribution in [1.82, 2.24) is 0 Å². The normalized spacial score (nSPS) is 9.57. The summed E-state index contributed by atoms with van der Waals surface area (Å²) in [6, 6.07) is 3.72. The number of hydrogen-bond acceptors (Lipinski definition) is 2. The first-order valence-corrected chi connectivity index (χ1v) is 4.28. The predicted octanol–water partition coefficient (Wildman–Crippen LogP) is 2.96. The summed E-state index contributed by atoms with van der Waals surface area (Å²) in [5.41, 5.74) is 0. The van der Waals surface area contributed by atoms with E-state index in [2.05, 4.69) is 6.58 Å². The van der Waals surface area contributed by atoms with E-state index in [1.165, 1.54) is 18.2 Å². The van der Waals surface area contributed by atoms with Crippen LogP contribution >= 0.6 is 11.6 Å². The van der Waals surface area contributed by atoms with Crippen LogP contribution in [0.15, 0.2) is 30.9 Å². The number of benzene rings is 1. The van der Waals surface area contributed by atoms with Crippen molar-refractivity contribution in [2.24, 2.45) is 0 Å². The molecule has 0 unspecified atom stereocenters. The van der Waals surface area contributed by atoms with Crippen molar-refractivity contribution in [2.45, 2.75) is 6.42 Å². The fourth-order valence-corrected chi connectivity index (χ4v) is 1.00. The molecule has 0 saturated carbocycles. The Morgan fingerprint density at radius 1 is 1.64 bits per heavy atom. The van der Waals surface area contributed by atoms with Crippen molar-refractivity contribution in [1.29, 1.82) is 0 Å². The lowest BCUT2D eigenvalue weighted by Crippen LogP contribution is -2.05. The summed E-state index contributed by atoms with van der Waals surface area (Å²) in [4.78, 5) is 11.0. The molecule has 0 fully saturated rings. The van der Waals surface area contributed by atoms with E-state index in [9.17, 15) is 9.18 Å². The Bertz CT molecular complexity index is 363. The van der Waals surface area contributed by atoms with Gasteiger partial charge in [-0.05, 0) is 12.1 Å². The van der Waals surface area contributed by atoms with Gasteiger partial charge in [0.2, 0.25) is 0 Å². The van der Waals surface area contributed by atoms with Gasteiger partial charge in [-0.1, -0.05) is 17.7 Å². The molecule has 0 radical (unpaired) electrons. The van der Waals surface area contributed by atoms with Gasteiger partial charge in [0.1, 0.15) is 11.6 Å². The molecule has 0 aliphatic rings. The molecule has 1 rings (SSSR count). The van der Waals surface area contributed by atoms with Crippen LogP contribution in [0.4, 0.5) is 4.39 Å². The molecule has 1 aromatic carbocycles. The summed E-state index contributed by atoms with van der Waals surface area (Å²) in [6.07, 6.45) is 1.53. The fraction of sp³-hybridized carbons (Fsp3) is 0.100. The maximum atomic E-state index is 12.7. The molecule has 0 heterocycles. The number of halogens is 2. The number of carbonyl (C=O) groups is 1. The first-order chi connectivity index (χ1) is 6.63. The molecule has 0 atom stereocenters. The van der Waals surface area contributed by atoms with Crippen LogP contribution in [-0.2, 0) is 4.79 Å². The van der Waals surface area contributed by atoms with Gasteiger partial charge in [0.15, 0.2) is 0 Å². The van der Waals surface area contributed by atoms with Crippen LogP contribution in [0.1, 0.15) is 6.42 Å². The van der Waals surface area contributed by atoms with Gasteiger partial charge in [0.05, 0.1) is 11.4 Å². The Morgan fingerprint density at radius 3 is 2.93 bits per heavy atom.